The predicted molar refractivity (Wildman–Crippen MR) is 87.4 cm³/mol. The number of H-pyrrole nitrogens is 1. The molecule has 4 nitrogen and oxygen atoms in total. The van der Waals surface area contributed by atoms with Crippen molar-refractivity contribution in [3.63, 3.8) is 0 Å². The molecule has 0 spiro atoms. The zero-order chi connectivity index (χ0) is 15.2. The lowest BCUT2D eigenvalue weighted by Crippen LogP contribution is -2.27. The van der Waals surface area contributed by atoms with Crippen molar-refractivity contribution in [2.45, 2.75) is 46.1 Å². The summed E-state index contributed by atoms with van der Waals surface area (Å²) < 4.78 is 0. The molecule has 21 heavy (non-hydrogen) atoms. The molecule has 2 N–H and O–H groups in total. The van der Waals surface area contributed by atoms with Crippen LogP contribution in [0.15, 0.2) is 18.3 Å². The summed E-state index contributed by atoms with van der Waals surface area (Å²) in [6.07, 6.45) is 4.54. The van der Waals surface area contributed by atoms with E-state index < -0.39 is 6.10 Å². The monoisotopic (exact) mass is 289 g/mol. The molecule has 1 unspecified atom stereocenters. The first kappa shape index (κ1) is 16.0. The van der Waals surface area contributed by atoms with Crippen molar-refractivity contribution in [3.8, 4) is 0 Å². The van der Waals surface area contributed by atoms with Gasteiger partial charge in [0.05, 0.1) is 17.8 Å². The van der Waals surface area contributed by atoms with Crippen LogP contribution in [-0.4, -0.2) is 39.8 Å². The van der Waals surface area contributed by atoms with Crippen LogP contribution >= 0.6 is 0 Å². The van der Waals surface area contributed by atoms with E-state index in [9.17, 15) is 5.11 Å². The molecular weight excluding hydrogens is 262 g/mol. The van der Waals surface area contributed by atoms with Crippen molar-refractivity contribution in [1.29, 1.82) is 0 Å². The Morgan fingerprint density at radius 3 is 2.57 bits per heavy atom. The van der Waals surface area contributed by atoms with Gasteiger partial charge in [0.1, 0.15) is 0 Å². The largest absolute Gasteiger partial charge is 0.388 e. The molecule has 0 fully saturated rings. The van der Waals surface area contributed by atoms with E-state index in [0.717, 1.165) is 60.9 Å². The van der Waals surface area contributed by atoms with E-state index in [2.05, 4.69) is 35.9 Å². The van der Waals surface area contributed by atoms with Gasteiger partial charge < -0.3 is 10.0 Å². The van der Waals surface area contributed by atoms with Gasteiger partial charge in [0.15, 0.2) is 0 Å². The predicted octanol–water partition coefficient (Wildman–Crippen LogP) is 3.42. The molecule has 0 saturated heterocycles. The molecule has 0 amide bonds. The lowest BCUT2D eigenvalue weighted by atomic mass is 9.98. The quantitative estimate of drug-likeness (QED) is 0.783. The molecule has 116 valence electrons. The van der Waals surface area contributed by atoms with Gasteiger partial charge in [-0.3, -0.25) is 5.10 Å². The molecular formula is C17H27N3O. The first-order valence-electron chi connectivity index (χ1n) is 8.00. The summed E-state index contributed by atoms with van der Waals surface area (Å²) >= 11 is 0. The zero-order valence-electron chi connectivity index (χ0n) is 13.4. The highest BCUT2D eigenvalue weighted by Gasteiger charge is 2.14. The lowest BCUT2D eigenvalue weighted by molar-refractivity contribution is 0.141. The number of hydrogen-bond acceptors (Lipinski definition) is 3. The minimum absolute atomic E-state index is 0.402. The molecule has 1 heterocycles. The molecule has 2 aromatic rings. The Kier molecular flexibility index (Phi) is 5.76. The maximum atomic E-state index is 10.5. The third-order valence-electron chi connectivity index (χ3n) is 4.09. The van der Waals surface area contributed by atoms with Crippen LogP contribution in [0.1, 0.15) is 50.3 Å². The van der Waals surface area contributed by atoms with E-state index in [1.54, 1.807) is 0 Å². The summed E-state index contributed by atoms with van der Waals surface area (Å²) in [5, 5.41) is 18.7. The third-order valence-corrected chi connectivity index (χ3v) is 4.09. The minimum atomic E-state index is -0.402. The van der Waals surface area contributed by atoms with Crippen molar-refractivity contribution in [2.24, 2.45) is 0 Å². The molecule has 0 bridgehead atoms. The third kappa shape index (κ3) is 3.83. The Morgan fingerprint density at radius 1 is 1.19 bits per heavy atom. The molecule has 0 aliphatic heterocycles. The topological polar surface area (TPSA) is 52.1 Å². The number of aliphatic hydroxyl groups is 1. The fraction of sp³-hybridized carbons (Fsp3) is 0.588. The summed E-state index contributed by atoms with van der Waals surface area (Å²) in [7, 11) is 0. The molecule has 2 rings (SSSR count). The van der Waals surface area contributed by atoms with Gasteiger partial charge in [-0.1, -0.05) is 19.9 Å². The van der Waals surface area contributed by atoms with Crippen molar-refractivity contribution < 1.29 is 5.11 Å². The Morgan fingerprint density at radius 2 is 1.90 bits per heavy atom. The van der Waals surface area contributed by atoms with Crippen LogP contribution in [0.2, 0.25) is 0 Å². The van der Waals surface area contributed by atoms with Crippen LogP contribution in [0.4, 0.5) is 0 Å². The molecule has 4 heteroatoms. The van der Waals surface area contributed by atoms with Crippen LogP contribution in [0.3, 0.4) is 0 Å². The number of aromatic amines is 1. The van der Waals surface area contributed by atoms with Crippen LogP contribution < -0.4 is 0 Å². The first-order chi connectivity index (χ1) is 10.2. The van der Waals surface area contributed by atoms with E-state index >= 15 is 0 Å². The number of nitrogens with zero attached hydrogens (tertiary/aromatic N) is 2. The van der Waals surface area contributed by atoms with E-state index in [4.69, 9.17) is 0 Å². The SMILES string of the molecule is CCCN(CCC)CCC(O)c1ccc2[nH]ncc2c1C. The fourth-order valence-electron chi connectivity index (χ4n) is 2.96. The first-order valence-corrected chi connectivity index (χ1v) is 8.00. The number of benzene rings is 1. The normalized spacial score (nSPS) is 13.2. The Hall–Kier alpha value is -1.39. The second-order valence-corrected chi connectivity index (χ2v) is 5.76. The van der Waals surface area contributed by atoms with E-state index in [0.29, 0.717) is 0 Å². The van der Waals surface area contributed by atoms with Gasteiger partial charge in [-0.2, -0.15) is 5.10 Å². The Labute approximate surface area is 127 Å². The second-order valence-electron chi connectivity index (χ2n) is 5.76. The second kappa shape index (κ2) is 7.57. The summed E-state index contributed by atoms with van der Waals surface area (Å²) in [5.74, 6) is 0. The van der Waals surface area contributed by atoms with Crippen molar-refractivity contribution in [2.75, 3.05) is 19.6 Å². The van der Waals surface area contributed by atoms with E-state index in [-0.39, 0.29) is 0 Å². The van der Waals surface area contributed by atoms with Gasteiger partial charge in [-0.25, -0.2) is 0 Å². The number of aromatic nitrogens is 2. The summed E-state index contributed by atoms with van der Waals surface area (Å²) in [4.78, 5) is 2.44. The van der Waals surface area contributed by atoms with E-state index in [1.807, 2.05) is 18.3 Å². The molecule has 0 aliphatic carbocycles. The minimum Gasteiger partial charge on any atom is -0.388 e. The van der Waals surface area contributed by atoms with Gasteiger partial charge in [-0.05, 0) is 56.5 Å². The number of aryl methyl sites for hydroxylation is 1. The van der Waals surface area contributed by atoms with Crippen LogP contribution in [-0.2, 0) is 0 Å². The molecule has 1 aromatic carbocycles. The van der Waals surface area contributed by atoms with Crippen molar-refractivity contribution in [1.82, 2.24) is 15.1 Å². The van der Waals surface area contributed by atoms with E-state index in [1.165, 1.54) is 0 Å². The summed E-state index contributed by atoms with van der Waals surface area (Å²) in [6.45, 7) is 9.64. The summed E-state index contributed by atoms with van der Waals surface area (Å²) in [5.41, 5.74) is 3.19. The molecule has 0 saturated carbocycles. The van der Waals surface area contributed by atoms with Gasteiger partial charge in [0.2, 0.25) is 0 Å². The smallest absolute Gasteiger partial charge is 0.0805 e. The molecule has 0 aliphatic rings. The number of nitrogens with one attached hydrogen (secondary N) is 1. The van der Waals surface area contributed by atoms with Crippen LogP contribution in [0.5, 0.6) is 0 Å². The number of hydrogen-bond donors (Lipinski definition) is 2. The zero-order valence-corrected chi connectivity index (χ0v) is 13.4. The highest BCUT2D eigenvalue weighted by Crippen LogP contribution is 2.26. The number of aliphatic hydroxyl groups excluding tert-OH is 1. The number of fused-ring (bicyclic) bond motifs is 1. The van der Waals surface area contributed by atoms with Crippen LogP contribution in [0, 0.1) is 6.92 Å². The van der Waals surface area contributed by atoms with Crippen LogP contribution in [0.25, 0.3) is 10.9 Å². The van der Waals surface area contributed by atoms with Gasteiger partial charge in [0.25, 0.3) is 0 Å². The molecule has 1 atom stereocenters. The average Bonchev–Trinajstić information content (AvgIpc) is 2.95. The van der Waals surface area contributed by atoms with Gasteiger partial charge in [-0.15, -0.1) is 0 Å². The lowest BCUT2D eigenvalue weighted by Gasteiger charge is -2.23. The standard InChI is InChI=1S/C17H27N3O/c1-4-9-20(10-5-2)11-8-17(21)14-6-7-16-15(13(14)3)12-18-19-16/h6-7,12,17,21H,4-5,8-11H2,1-3H3,(H,18,19). The van der Waals surface area contributed by atoms with Gasteiger partial charge >= 0.3 is 0 Å². The molecule has 0 radical (unpaired) electrons. The highest BCUT2D eigenvalue weighted by atomic mass is 16.3. The van der Waals surface area contributed by atoms with Crippen molar-refractivity contribution in [3.05, 3.63) is 29.5 Å². The fourth-order valence-corrected chi connectivity index (χ4v) is 2.96. The maximum absolute atomic E-state index is 10.5. The summed E-state index contributed by atoms with van der Waals surface area (Å²) in [6, 6.07) is 4.02. The highest BCUT2D eigenvalue weighted by molar-refractivity contribution is 5.82. The van der Waals surface area contributed by atoms with Gasteiger partial charge in [0, 0.05) is 11.9 Å². The van der Waals surface area contributed by atoms with Crippen molar-refractivity contribution >= 4 is 10.9 Å². The maximum Gasteiger partial charge on any atom is 0.0805 e. The Balaban J connectivity index is 2.04. The average molecular weight is 289 g/mol. The Bertz CT molecular complexity index is 558. The number of rotatable bonds is 8. The molecule has 1 aromatic heterocycles.